The number of carbonyl (C=O) groups is 1. The highest BCUT2D eigenvalue weighted by atomic mass is 35.5. The molecule has 1 aliphatic heterocycles. The molecule has 6 nitrogen and oxygen atoms in total. The van der Waals surface area contributed by atoms with Crippen LogP contribution in [0.15, 0.2) is 36.7 Å². The fourth-order valence-electron chi connectivity index (χ4n) is 2.43. The fraction of sp³-hybridized carbons (Fsp3) is 0.312. The van der Waals surface area contributed by atoms with Gasteiger partial charge in [-0.05, 0) is 31.3 Å². The monoisotopic (exact) mass is 331 g/mol. The molecule has 2 aromatic rings. The Morgan fingerprint density at radius 3 is 2.61 bits per heavy atom. The molecule has 0 bridgehead atoms. The van der Waals surface area contributed by atoms with Crippen LogP contribution in [-0.2, 0) is 0 Å². The summed E-state index contributed by atoms with van der Waals surface area (Å²) in [5, 5.41) is 3.10. The van der Waals surface area contributed by atoms with Crippen molar-refractivity contribution in [1.29, 1.82) is 0 Å². The van der Waals surface area contributed by atoms with Crippen LogP contribution in [0.3, 0.4) is 0 Å². The molecule has 0 radical (unpaired) electrons. The second-order valence-electron chi connectivity index (χ2n) is 5.52. The van der Waals surface area contributed by atoms with Gasteiger partial charge in [-0.25, -0.2) is 9.97 Å². The van der Waals surface area contributed by atoms with Crippen molar-refractivity contribution in [3.8, 4) is 0 Å². The Morgan fingerprint density at radius 1 is 1.17 bits per heavy atom. The summed E-state index contributed by atoms with van der Waals surface area (Å²) in [6, 6.07) is 6.94. The summed E-state index contributed by atoms with van der Waals surface area (Å²) in [7, 11) is 2.12. The lowest BCUT2D eigenvalue weighted by molar-refractivity contribution is 0.102. The molecule has 1 N–H and O–H groups in total. The Kier molecular flexibility index (Phi) is 4.73. The number of likely N-dealkylation sites (N-methyl/N-ethyl adjacent to an activating group) is 1. The second kappa shape index (κ2) is 6.93. The van der Waals surface area contributed by atoms with Gasteiger partial charge in [0.05, 0.1) is 11.9 Å². The van der Waals surface area contributed by atoms with Crippen LogP contribution in [0.5, 0.6) is 0 Å². The first-order chi connectivity index (χ1) is 11.1. The van der Waals surface area contributed by atoms with Crippen molar-refractivity contribution in [3.63, 3.8) is 0 Å². The number of amides is 1. The Morgan fingerprint density at radius 2 is 1.96 bits per heavy atom. The second-order valence-corrected chi connectivity index (χ2v) is 5.90. The van der Waals surface area contributed by atoms with E-state index in [0.717, 1.165) is 32.0 Å². The van der Waals surface area contributed by atoms with E-state index in [2.05, 4.69) is 32.1 Å². The van der Waals surface area contributed by atoms with Crippen LogP contribution in [0.2, 0.25) is 5.15 Å². The van der Waals surface area contributed by atoms with Crippen LogP contribution in [0.25, 0.3) is 0 Å². The molecule has 1 amide bonds. The van der Waals surface area contributed by atoms with E-state index in [-0.39, 0.29) is 5.91 Å². The number of pyridine rings is 2. The van der Waals surface area contributed by atoms with Gasteiger partial charge in [0.25, 0.3) is 5.91 Å². The van der Waals surface area contributed by atoms with E-state index in [1.807, 2.05) is 12.1 Å². The zero-order valence-electron chi connectivity index (χ0n) is 12.9. The Bertz CT molecular complexity index is 683. The average molecular weight is 332 g/mol. The third kappa shape index (κ3) is 3.97. The first-order valence-corrected chi connectivity index (χ1v) is 7.82. The quantitative estimate of drug-likeness (QED) is 0.873. The molecule has 0 aromatic carbocycles. The molecular formula is C16H18ClN5O. The third-order valence-corrected chi connectivity index (χ3v) is 4.03. The van der Waals surface area contributed by atoms with Crippen LogP contribution in [-0.4, -0.2) is 54.0 Å². The number of aromatic nitrogens is 2. The van der Waals surface area contributed by atoms with Crippen molar-refractivity contribution in [1.82, 2.24) is 14.9 Å². The normalized spacial score (nSPS) is 15.5. The Balaban J connectivity index is 1.64. The van der Waals surface area contributed by atoms with Crippen LogP contribution in [0, 0.1) is 0 Å². The number of nitrogens with one attached hydrogen (secondary N) is 1. The van der Waals surface area contributed by atoms with Gasteiger partial charge in [0.1, 0.15) is 11.0 Å². The number of hydrogen-bond acceptors (Lipinski definition) is 5. The zero-order valence-corrected chi connectivity index (χ0v) is 13.6. The van der Waals surface area contributed by atoms with Gasteiger partial charge in [0.15, 0.2) is 0 Å². The summed E-state index contributed by atoms with van der Waals surface area (Å²) in [6.45, 7) is 3.99. The van der Waals surface area contributed by atoms with Crippen LogP contribution < -0.4 is 10.2 Å². The molecule has 3 rings (SSSR count). The van der Waals surface area contributed by atoms with Crippen molar-refractivity contribution < 1.29 is 4.79 Å². The maximum absolute atomic E-state index is 12.1. The molecule has 0 saturated carbocycles. The van der Waals surface area contributed by atoms with Crippen molar-refractivity contribution in [2.24, 2.45) is 0 Å². The standard InChI is InChI=1S/C16H18ClN5O/c1-21-6-8-22(9-7-21)15-3-2-13(11-19-15)20-16(23)12-4-5-18-14(17)10-12/h2-5,10-11H,6-9H2,1H3,(H,20,23). The van der Waals surface area contributed by atoms with E-state index in [4.69, 9.17) is 11.6 Å². The Labute approximate surface area is 140 Å². The largest absolute Gasteiger partial charge is 0.354 e. The molecule has 120 valence electrons. The molecule has 0 unspecified atom stereocenters. The summed E-state index contributed by atoms with van der Waals surface area (Å²) < 4.78 is 0. The van der Waals surface area contributed by atoms with Crippen molar-refractivity contribution in [3.05, 3.63) is 47.4 Å². The molecule has 1 saturated heterocycles. The maximum atomic E-state index is 12.1. The minimum atomic E-state index is -0.233. The number of halogens is 1. The summed E-state index contributed by atoms with van der Waals surface area (Å²) in [5.41, 5.74) is 1.12. The van der Waals surface area contributed by atoms with Gasteiger partial charge in [0, 0.05) is 37.9 Å². The number of rotatable bonds is 3. The van der Waals surface area contributed by atoms with Gasteiger partial charge in [0.2, 0.25) is 0 Å². The van der Waals surface area contributed by atoms with Gasteiger partial charge in [-0.2, -0.15) is 0 Å². The molecule has 0 spiro atoms. The highest BCUT2D eigenvalue weighted by molar-refractivity contribution is 6.29. The number of piperazine rings is 1. The van der Waals surface area contributed by atoms with E-state index >= 15 is 0 Å². The number of nitrogens with zero attached hydrogens (tertiary/aromatic N) is 4. The molecular weight excluding hydrogens is 314 g/mol. The van der Waals surface area contributed by atoms with Gasteiger partial charge < -0.3 is 15.1 Å². The molecule has 2 aromatic heterocycles. The van der Waals surface area contributed by atoms with Crippen molar-refractivity contribution >= 4 is 29.0 Å². The topological polar surface area (TPSA) is 61.4 Å². The first kappa shape index (κ1) is 15.7. The predicted octanol–water partition coefficient (Wildman–Crippen LogP) is 2.13. The molecule has 1 aliphatic rings. The van der Waals surface area contributed by atoms with Gasteiger partial charge in [-0.1, -0.05) is 11.6 Å². The number of carbonyl (C=O) groups excluding carboxylic acids is 1. The van der Waals surface area contributed by atoms with Crippen LogP contribution in [0.1, 0.15) is 10.4 Å². The molecule has 3 heterocycles. The maximum Gasteiger partial charge on any atom is 0.255 e. The minimum Gasteiger partial charge on any atom is -0.354 e. The first-order valence-electron chi connectivity index (χ1n) is 7.44. The van der Waals surface area contributed by atoms with E-state index in [1.54, 1.807) is 12.3 Å². The third-order valence-electron chi connectivity index (χ3n) is 3.82. The van der Waals surface area contributed by atoms with Gasteiger partial charge in [-0.15, -0.1) is 0 Å². The van der Waals surface area contributed by atoms with E-state index in [0.29, 0.717) is 16.4 Å². The smallest absolute Gasteiger partial charge is 0.255 e. The molecule has 0 atom stereocenters. The minimum absolute atomic E-state index is 0.233. The lowest BCUT2D eigenvalue weighted by Crippen LogP contribution is -2.44. The molecule has 23 heavy (non-hydrogen) atoms. The van der Waals surface area contributed by atoms with Crippen LogP contribution >= 0.6 is 11.6 Å². The van der Waals surface area contributed by atoms with E-state index in [9.17, 15) is 4.79 Å². The van der Waals surface area contributed by atoms with Crippen LogP contribution in [0.4, 0.5) is 11.5 Å². The average Bonchev–Trinajstić information content (AvgIpc) is 2.56. The zero-order chi connectivity index (χ0) is 16.2. The fourth-order valence-corrected chi connectivity index (χ4v) is 2.60. The number of anilines is 2. The van der Waals surface area contributed by atoms with Gasteiger partial charge >= 0.3 is 0 Å². The number of hydrogen-bond donors (Lipinski definition) is 1. The lowest BCUT2D eigenvalue weighted by Gasteiger charge is -2.33. The lowest BCUT2D eigenvalue weighted by atomic mass is 10.2. The summed E-state index contributed by atoms with van der Waals surface area (Å²) in [5.74, 6) is 0.700. The predicted molar refractivity (Wildman–Crippen MR) is 91.1 cm³/mol. The Hall–Kier alpha value is -2.18. The van der Waals surface area contributed by atoms with Gasteiger partial charge in [-0.3, -0.25) is 4.79 Å². The SMILES string of the molecule is CN1CCN(c2ccc(NC(=O)c3ccnc(Cl)c3)cn2)CC1. The van der Waals surface area contributed by atoms with E-state index in [1.165, 1.54) is 12.3 Å². The highest BCUT2D eigenvalue weighted by Gasteiger charge is 2.15. The molecule has 7 heteroatoms. The highest BCUT2D eigenvalue weighted by Crippen LogP contribution is 2.17. The summed E-state index contributed by atoms with van der Waals surface area (Å²) in [4.78, 5) is 25.0. The van der Waals surface area contributed by atoms with Crippen molar-refractivity contribution in [2.45, 2.75) is 0 Å². The molecule has 1 fully saturated rings. The summed E-state index contributed by atoms with van der Waals surface area (Å²) in [6.07, 6.45) is 3.18. The van der Waals surface area contributed by atoms with Crippen molar-refractivity contribution in [2.75, 3.05) is 43.4 Å². The summed E-state index contributed by atoms with van der Waals surface area (Å²) >= 11 is 5.80. The molecule has 0 aliphatic carbocycles. The van der Waals surface area contributed by atoms with E-state index < -0.39 is 0 Å².